The normalized spacial score (nSPS) is 19.2. The van der Waals surface area contributed by atoms with Gasteiger partial charge in [0.2, 0.25) is 0 Å². The van der Waals surface area contributed by atoms with Crippen molar-refractivity contribution in [3.05, 3.63) is 141 Å². The Morgan fingerprint density at radius 2 is 1.36 bits per heavy atom. The third kappa shape index (κ3) is 3.97. The van der Waals surface area contributed by atoms with Crippen molar-refractivity contribution in [1.82, 2.24) is 0 Å². The minimum atomic E-state index is -0.816. The van der Waals surface area contributed by atoms with Gasteiger partial charge < -0.3 is 0 Å². The molecule has 0 saturated heterocycles. The van der Waals surface area contributed by atoms with Gasteiger partial charge in [-0.3, -0.25) is 14.9 Å². The van der Waals surface area contributed by atoms with Gasteiger partial charge in [0.25, 0.3) is 5.69 Å². The van der Waals surface area contributed by atoms with Gasteiger partial charge in [0.05, 0.1) is 15.4 Å². The van der Waals surface area contributed by atoms with Gasteiger partial charge in [0.15, 0.2) is 15.0 Å². The molecule has 1 spiro atoms. The molecule has 0 amide bonds. The fourth-order valence-electron chi connectivity index (χ4n) is 5.23. The predicted octanol–water partition coefficient (Wildman–Crippen LogP) is 7.52. The summed E-state index contributed by atoms with van der Waals surface area (Å²) in [6.07, 6.45) is 0. The average molecular weight is 552 g/mol. The number of nitro benzene ring substituents is 1. The van der Waals surface area contributed by atoms with Crippen molar-refractivity contribution >= 4 is 45.7 Å². The lowest BCUT2D eigenvalue weighted by Crippen LogP contribution is -2.34. The van der Waals surface area contributed by atoms with Gasteiger partial charge >= 0.3 is 0 Å². The number of hydrogen-bond acceptors (Lipinski definition) is 7. The zero-order valence-electron chi connectivity index (χ0n) is 21.6. The van der Waals surface area contributed by atoms with Crippen LogP contribution < -0.4 is 5.01 Å². The number of nitro groups is 1. The number of non-ortho nitro benzene ring substituents is 1. The summed E-state index contributed by atoms with van der Waals surface area (Å²) in [6, 6.07) is 32.0. The lowest BCUT2D eigenvalue weighted by Gasteiger charge is -2.37. The molecule has 1 atom stereocenters. The number of thioether (sulfide) groups is 2. The molecular weight excluding hydrogens is 526 g/mol. The van der Waals surface area contributed by atoms with E-state index in [9.17, 15) is 14.9 Å². The van der Waals surface area contributed by atoms with Crippen LogP contribution in [0.15, 0.2) is 102 Å². The van der Waals surface area contributed by atoms with Gasteiger partial charge in [-0.1, -0.05) is 107 Å². The molecule has 0 aromatic heterocycles. The van der Waals surface area contributed by atoms with E-state index in [1.54, 1.807) is 23.9 Å². The number of fused-ring (bicyclic) bond motifs is 2. The largest absolute Gasteiger partial charge is 0.292 e. The van der Waals surface area contributed by atoms with Crippen LogP contribution >= 0.6 is 23.5 Å². The quantitative estimate of drug-likeness (QED) is 0.189. The summed E-state index contributed by atoms with van der Waals surface area (Å²) in [4.78, 5) is 23.6. The number of hydrogen-bond donors (Lipinski definition) is 0. The Morgan fingerprint density at radius 1 is 0.821 bits per heavy atom. The van der Waals surface area contributed by atoms with Crippen LogP contribution in [0.3, 0.4) is 0 Å². The number of hydrazone groups is 1. The van der Waals surface area contributed by atoms with Crippen LogP contribution in [0, 0.1) is 24.0 Å². The Kier molecular flexibility index (Phi) is 6.12. The van der Waals surface area contributed by atoms with Crippen molar-refractivity contribution < 1.29 is 9.72 Å². The maximum atomic E-state index is 12.7. The summed E-state index contributed by atoms with van der Waals surface area (Å²) in [5.74, 6) is -0.120. The smallest absolute Gasteiger partial charge is 0.269 e. The Labute approximate surface area is 235 Å². The zero-order chi connectivity index (χ0) is 27.4. The lowest BCUT2D eigenvalue weighted by molar-refractivity contribution is -0.384. The second-order valence-electron chi connectivity index (χ2n) is 9.79. The fraction of sp³-hybridized carbons (Fsp3) is 0.161. The van der Waals surface area contributed by atoms with Crippen LogP contribution in [0.4, 0.5) is 11.4 Å². The molecule has 2 aliphatic heterocycles. The van der Waals surface area contributed by atoms with Crippen molar-refractivity contribution in [1.29, 1.82) is 0 Å². The first kappa shape index (κ1) is 25.4. The van der Waals surface area contributed by atoms with Crippen LogP contribution in [0.25, 0.3) is 0 Å². The minimum absolute atomic E-state index is 0.00329. The molecule has 8 heteroatoms. The number of ketones is 1. The van der Waals surface area contributed by atoms with Gasteiger partial charge in [-0.15, -0.1) is 0 Å². The molecule has 6 rings (SSSR count). The Balaban J connectivity index is 1.62. The molecule has 0 fully saturated rings. The molecule has 0 bridgehead atoms. The van der Waals surface area contributed by atoms with E-state index in [1.165, 1.54) is 41.9 Å². The monoisotopic (exact) mass is 551 g/mol. The van der Waals surface area contributed by atoms with Gasteiger partial charge in [-0.05, 0) is 42.7 Å². The summed E-state index contributed by atoms with van der Waals surface area (Å²) in [5, 5.41) is 18.4. The minimum Gasteiger partial charge on any atom is -0.292 e. The molecule has 4 aromatic carbocycles. The van der Waals surface area contributed by atoms with Crippen LogP contribution in [-0.2, 0) is 13.7 Å². The van der Waals surface area contributed by atoms with E-state index in [4.69, 9.17) is 5.10 Å². The van der Waals surface area contributed by atoms with Crippen LogP contribution in [0.5, 0.6) is 0 Å². The van der Waals surface area contributed by atoms with Gasteiger partial charge in [-0.2, -0.15) is 5.10 Å². The van der Waals surface area contributed by atoms with Crippen molar-refractivity contribution in [3.63, 3.8) is 0 Å². The first-order valence-corrected chi connectivity index (χ1v) is 14.2. The molecule has 0 aliphatic carbocycles. The molecule has 4 aromatic rings. The van der Waals surface area contributed by atoms with E-state index in [-0.39, 0.29) is 11.5 Å². The molecule has 0 saturated carbocycles. The van der Waals surface area contributed by atoms with E-state index in [0.717, 1.165) is 22.3 Å². The number of benzene rings is 4. The maximum absolute atomic E-state index is 12.7. The summed E-state index contributed by atoms with van der Waals surface area (Å²) in [5.41, 5.74) is 7.46. The molecule has 39 heavy (non-hydrogen) atoms. The van der Waals surface area contributed by atoms with E-state index in [0.29, 0.717) is 10.7 Å². The van der Waals surface area contributed by atoms with E-state index in [2.05, 4.69) is 80.6 Å². The SMILES string of the molecule is CC(=O)C1=NN(c2ccc([N+](=O)[O-])cc2)[C@]2(S1)SC(c1ccc(C)cc1)(c1ccc(C)cc1)c1ccccc12. The highest BCUT2D eigenvalue weighted by Crippen LogP contribution is 2.70. The summed E-state index contributed by atoms with van der Waals surface area (Å²) >= 11 is 3.18. The first-order valence-electron chi connectivity index (χ1n) is 12.5. The molecule has 2 aliphatic rings. The number of anilines is 1. The average Bonchev–Trinajstić information content (AvgIpc) is 3.47. The molecule has 0 radical (unpaired) electrons. The summed E-state index contributed by atoms with van der Waals surface area (Å²) in [7, 11) is 0. The highest BCUT2D eigenvalue weighted by molar-refractivity contribution is 8.27. The van der Waals surface area contributed by atoms with Crippen molar-refractivity contribution in [2.24, 2.45) is 5.10 Å². The first-order chi connectivity index (χ1) is 18.7. The van der Waals surface area contributed by atoms with E-state index >= 15 is 0 Å². The zero-order valence-corrected chi connectivity index (χ0v) is 23.3. The lowest BCUT2D eigenvalue weighted by atomic mass is 9.81. The Bertz CT molecular complexity index is 1590. The van der Waals surface area contributed by atoms with Gasteiger partial charge in [0, 0.05) is 24.6 Å². The van der Waals surface area contributed by atoms with Crippen LogP contribution in [0.1, 0.15) is 40.3 Å². The van der Waals surface area contributed by atoms with Gasteiger partial charge in [-0.25, -0.2) is 5.01 Å². The number of carbonyl (C=O) groups is 1. The van der Waals surface area contributed by atoms with E-state index < -0.39 is 13.9 Å². The standard InChI is InChI=1S/C31H25N3O3S2/c1-20-8-12-23(13-9-20)30(24-14-10-21(2)11-15-24)27-6-4-5-7-28(27)31(39-30)33(32-29(38-31)22(3)35)25-16-18-26(19-17-25)34(36)37/h4-19H,1-3H3/t31-/m1/s1. The van der Waals surface area contributed by atoms with Crippen LogP contribution in [-0.4, -0.2) is 15.8 Å². The second kappa shape index (κ2) is 9.39. The highest BCUT2D eigenvalue weighted by Gasteiger charge is 2.61. The third-order valence-electron chi connectivity index (χ3n) is 7.17. The number of Topliss-reactive ketones (excluding diaryl/α,β-unsaturated/α-hetero) is 1. The molecule has 6 nitrogen and oxygen atoms in total. The Morgan fingerprint density at radius 3 is 1.87 bits per heavy atom. The summed E-state index contributed by atoms with van der Waals surface area (Å²) < 4.78 is -1.41. The summed E-state index contributed by atoms with van der Waals surface area (Å²) in [6.45, 7) is 5.68. The van der Waals surface area contributed by atoms with Crippen LogP contribution in [0.2, 0.25) is 0 Å². The number of rotatable bonds is 5. The number of nitrogens with zero attached hydrogens (tertiary/aromatic N) is 3. The van der Waals surface area contributed by atoms with E-state index in [1.807, 2.05) is 11.1 Å². The second-order valence-corrected chi connectivity index (χ2v) is 12.6. The maximum Gasteiger partial charge on any atom is 0.269 e. The van der Waals surface area contributed by atoms with Crippen molar-refractivity contribution in [3.8, 4) is 0 Å². The molecular formula is C31H25N3O3S2. The molecule has 0 unspecified atom stereocenters. The third-order valence-corrected chi connectivity index (χ3v) is 10.6. The molecule has 2 heterocycles. The molecule has 0 N–H and O–H groups in total. The van der Waals surface area contributed by atoms with Gasteiger partial charge in [0.1, 0.15) is 0 Å². The number of aryl methyl sites for hydroxylation is 2. The molecule has 194 valence electrons. The number of carbonyl (C=O) groups excluding carboxylic acids is 1. The van der Waals surface area contributed by atoms with Crippen molar-refractivity contribution in [2.75, 3.05) is 5.01 Å². The predicted molar refractivity (Wildman–Crippen MR) is 159 cm³/mol. The Hall–Kier alpha value is -3.88. The topological polar surface area (TPSA) is 75.8 Å². The van der Waals surface area contributed by atoms with Crippen molar-refractivity contribution in [2.45, 2.75) is 29.7 Å². The fourth-order valence-corrected chi connectivity index (χ4v) is 8.78. The highest BCUT2D eigenvalue weighted by atomic mass is 32.2.